The van der Waals surface area contributed by atoms with Crippen molar-refractivity contribution in [1.29, 1.82) is 0 Å². The number of ether oxygens (including phenoxy) is 1. The van der Waals surface area contributed by atoms with Crippen molar-refractivity contribution in [3.8, 4) is 0 Å². The maximum absolute atomic E-state index is 11.7. The lowest BCUT2D eigenvalue weighted by molar-refractivity contribution is -0.147. The Balaban J connectivity index is 2.59. The van der Waals surface area contributed by atoms with Crippen LogP contribution in [0.4, 0.5) is 0 Å². The van der Waals surface area contributed by atoms with Crippen molar-refractivity contribution in [3.63, 3.8) is 0 Å². The number of nitrogens with zero attached hydrogens (tertiary/aromatic N) is 1. The molecule has 106 valence electrons. The second-order valence-electron chi connectivity index (χ2n) is 5.20. The lowest BCUT2D eigenvalue weighted by Gasteiger charge is -2.25. The molecule has 0 bridgehead atoms. The van der Waals surface area contributed by atoms with E-state index in [2.05, 4.69) is 46.8 Å². The van der Waals surface area contributed by atoms with Crippen LogP contribution in [-0.2, 0) is 16.1 Å². The Morgan fingerprint density at radius 2 is 1.89 bits per heavy atom. The summed E-state index contributed by atoms with van der Waals surface area (Å²) in [7, 11) is 3.48. The van der Waals surface area contributed by atoms with Gasteiger partial charge < -0.3 is 9.64 Å². The van der Waals surface area contributed by atoms with Crippen LogP contribution in [0.1, 0.15) is 19.4 Å². The second kappa shape index (κ2) is 7.65. The van der Waals surface area contributed by atoms with Crippen LogP contribution >= 0.6 is 15.9 Å². The second-order valence-corrected chi connectivity index (χ2v) is 6.11. The minimum absolute atomic E-state index is 0.0783. The predicted octanol–water partition coefficient (Wildman–Crippen LogP) is 3.33. The summed E-state index contributed by atoms with van der Waals surface area (Å²) in [5.74, 6) is 0.0722. The van der Waals surface area contributed by atoms with Crippen LogP contribution in [-0.4, -0.2) is 31.6 Å². The average Bonchev–Trinajstić information content (AvgIpc) is 2.37. The van der Waals surface area contributed by atoms with Gasteiger partial charge in [-0.15, -0.1) is 0 Å². The lowest BCUT2D eigenvalue weighted by atomic mass is 9.95. The first-order chi connectivity index (χ1) is 8.93. The topological polar surface area (TPSA) is 29.5 Å². The first-order valence-corrected chi connectivity index (χ1v) is 7.24. The number of carbonyl (C=O) groups excluding carboxylic acids is 1. The summed E-state index contributed by atoms with van der Waals surface area (Å²) < 4.78 is 5.95. The summed E-state index contributed by atoms with van der Waals surface area (Å²) in [6.45, 7) is 5.64. The Labute approximate surface area is 124 Å². The van der Waals surface area contributed by atoms with Gasteiger partial charge >= 0.3 is 5.97 Å². The third-order valence-electron chi connectivity index (χ3n) is 3.18. The predicted molar refractivity (Wildman–Crippen MR) is 80.8 cm³/mol. The van der Waals surface area contributed by atoms with Gasteiger partial charge in [-0.05, 0) is 30.7 Å². The Hall–Kier alpha value is -0.870. The van der Waals surface area contributed by atoms with Crippen LogP contribution in [0.5, 0.6) is 0 Å². The number of hydrogen-bond acceptors (Lipinski definition) is 3. The largest absolute Gasteiger partial charge is 0.469 e. The number of rotatable bonds is 6. The minimum atomic E-state index is -0.127. The smallest absolute Gasteiger partial charge is 0.310 e. The number of esters is 1. The summed E-state index contributed by atoms with van der Waals surface area (Å²) in [6, 6.07) is 8.24. The van der Waals surface area contributed by atoms with Gasteiger partial charge in [-0.25, -0.2) is 0 Å². The molecule has 0 N–H and O–H groups in total. The van der Waals surface area contributed by atoms with Crippen molar-refractivity contribution in [2.75, 3.05) is 20.7 Å². The van der Waals surface area contributed by atoms with Gasteiger partial charge in [0.1, 0.15) is 0 Å². The highest BCUT2D eigenvalue weighted by molar-refractivity contribution is 9.10. The molecule has 0 aliphatic carbocycles. The molecule has 0 saturated heterocycles. The van der Waals surface area contributed by atoms with Crippen molar-refractivity contribution in [3.05, 3.63) is 34.3 Å². The van der Waals surface area contributed by atoms with E-state index in [1.165, 1.54) is 12.7 Å². The Kier molecular flexibility index (Phi) is 6.52. The van der Waals surface area contributed by atoms with E-state index in [4.69, 9.17) is 4.74 Å². The minimum Gasteiger partial charge on any atom is -0.469 e. The van der Waals surface area contributed by atoms with Gasteiger partial charge in [0.05, 0.1) is 13.0 Å². The molecule has 0 saturated carbocycles. The average molecular weight is 328 g/mol. The molecule has 1 aromatic rings. The molecule has 0 aliphatic heterocycles. The number of benzene rings is 1. The van der Waals surface area contributed by atoms with Crippen LogP contribution in [0.2, 0.25) is 0 Å². The van der Waals surface area contributed by atoms with Crippen molar-refractivity contribution in [1.82, 2.24) is 4.90 Å². The van der Waals surface area contributed by atoms with E-state index in [1.807, 2.05) is 19.2 Å². The Morgan fingerprint density at radius 3 is 2.37 bits per heavy atom. The van der Waals surface area contributed by atoms with Crippen LogP contribution in [0.3, 0.4) is 0 Å². The van der Waals surface area contributed by atoms with E-state index >= 15 is 0 Å². The summed E-state index contributed by atoms with van der Waals surface area (Å²) in [5.41, 5.74) is 1.23. The van der Waals surface area contributed by atoms with Crippen LogP contribution < -0.4 is 0 Å². The molecule has 0 fully saturated rings. The highest BCUT2D eigenvalue weighted by Gasteiger charge is 2.24. The highest BCUT2D eigenvalue weighted by Crippen LogP contribution is 2.16. The molecule has 19 heavy (non-hydrogen) atoms. The number of halogens is 1. The summed E-state index contributed by atoms with van der Waals surface area (Å²) in [5, 5.41) is 0. The SMILES string of the molecule is COC(=O)C(CN(C)Cc1ccc(Br)cc1)C(C)C. The van der Waals surface area contributed by atoms with Gasteiger partial charge in [-0.2, -0.15) is 0 Å². The van der Waals surface area contributed by atoms with Gasteiger partial charge in [0.15, 0.2) is 0 Å². The zero-order chi connectivity index (χ0) is 14.4. The zero-order valence-electron chi connectivity index (χ0n) is 12.0. The molecule has 0 aromatic heterocycles. The van der Waals surface area contributed by atoms with E-state index < -0.39 is 0 Å². The fourth-order valence-electron chi connectivity index (χ4n) is 2.01. The molecule has 1 atom stereocenters. The molecule has 1 unspecified atom stereocenters. The normalized spacial score (nSPS) is 12.8. The zero-order valence-corrected chi connectivity index (χ0v) is 13.6. The molecule has 0 heterocycles. The van der Waals surface area contributed by atoms with Crippen molar-refractivity contribution in [2.24, 2.45) is 11.8 Å². The molecule has 0 aliphatic rings. The van der Waals surface area contributed by atoms with Crippen molar-refractivity contribution in [2.45, 2.75) is 20.4 Å². The summed E-state index contributed by atoms with van der Waals surface area (Å²) in [4.78, 5) is 13.9. The van der Waals surface area contributed by atoms with E-state index in [0.717, 1.165) is 11.0 Å². The maximum atomic E-state index is 11.7. The van der Waals surface area contributed by atoms with Gasteiger partial charge in [0.25, 0.3) is 0 Å². The quantitative estimate of drug-likeness (QED) is 0.750. The van der Waals surface area contributed by atoms with Gasteiger partial charge in [0, 0.05) is 17.6 Å². The van der Waals surface area contributed by atoms with Gasteiger partial charge in [-0.3, -0.25) is 4.79 Å². The molecular weight excluding hydrogens is 306 g/mol. The first kappa shape index (κ1) is 16.2. The van der Waals surface area contributed by atoms with Crippen LogP contribution in [0.15, 0.2) is 28.7 Å². The first-order valence-electron chi connectivity index (χ1n) is 6.45. The maximum Gasteiger partial charge on any atom is 0.310 e. The third-order valence-corrected chi connectivity index (χ3v) is 3.71. The van der Waals surface area contributed by atoms with E-state index in [0.29, 0.717) is 6.54 Å². The molecule has 4 heteroatoms. The third kappa shape index (κ3) is 5.33. The monoisotopic (exact) mass is 327 g/mol. The summed E-state index contributed by atoms with van der Waals surface area (Å²) in [6.07, 6.45) is 0. The molecule has 0 spiro atoms. The number of methoxy groups -OCH3 is 1. The van der Waals surface area contributed by atoms with E-state index in [-0.39, 0.29) is 17.8 Å². The Morgan fingerprint density at radius 1 is 1.32 bits per heavy atom. The van der Waals surface area contributed by atoms with E-state index in [9.17, 15) is 4.79 Å². The number of hydrogen-bond donors (Lipinski definition) is 0. The van der Waals surface area contributed by atoms with Crippen LogP contribution in [0, 0.1) is 11.8 Å². The summed E-state index contributed by atoms with van der Waals surface area (Å²) >= 11 is 3.42. The van der Waals surface area contributed by atoms with Gasteiger partial charge in [0.2, 0.25) is 0 Å². The van der Waals surface area contributed by atoms with E-state index in [1.54, 1.807) is 0 Å². The van der Waals surface area contributed by atoms with Crippen molar-refractivity contribution >= 4 is 21.9 Å². The molecule has 1 aromatic carbocycles. The molecule has 1 rings (SSSR count). The molecule has 3 nitrogen and oxygen atoms in total. The molecule has 0 amide bonds. The molecule has 0 radical (unpaired) electrons. The number of carbonyl (C=O) groups is 1. The van der Waals surface area contributed by atoms with Gasteiger partial charge in [-0.1, -0.05) is 41.9 Å². The highest BCUT2D eigenvalue weighted by atomic mass is 79.9. The lowest BCUT2D eigenvalue weighted by Crippen LogP contribution is -2.34. The van der Waals surface area contributed by atoms with Crippen LogP contribution in [0.25, 0.3) is 0 Å². The molecular formula is C15H22BrNO2. The Bertz CT molecular complexity index is 403. The standard InChI is InChI=1S/C15H22BrNO2/c1-11(2)14(15(18)19-4)10-17(3)9-12-5-7-13(16)8-6-12/h5-8,11,14H,9-10H2,1-4H3. The van der Waals surface area contributed by atoms with Crippen molar-refractivity contribution < 1.29 is 9.53 Å². The fraction of sp³-hybridized carbons (Fsp3) is 0.533. The fourth-order valence-corrected chi connectivity index (χ4v) is 2.28.